The van der Waals surface area contributed by atoms with E-state index in [-0.39, 0.29) is 29.8 Å². The highest BCUT2D eigenvalue weighted by Gasteiger charge is 2.26. The fraction of sp³-hybridized carbons (Fsp3) is 0.329. The number of nitrogens with zero attached hydrogens (tertiary/aromatic N) is 9. The molecule has 10 rings (SSSR count). The first kappa shape index (κ1) is 80.8. The molecule has 0 unspecified atom stereocenters. The van der Waals surface area contributed by atoms with Crippen molar-refractivity contribution < 1.29 is 47.8 Å². The van der Waals surface area contributed by atoms with Gasteiger partial charge < -0.3 is 24.4 Å². The van der Waals surface area contributed by atoms with Crippen LogP contribution in [0.5, 0.6) is 0 Å². The Hall–Kier alpha value is -11.5. The van der Waals surface area contributed by atoms with Crippen LogP contribution in [0.15, 0.2) is 146 Å². The Balaban J connectivity index is 0.000000275. The number of hydrogen-bond acceptors (Lipinski definition) is 19. The van der Waals surface area contributed by atoms with Crippen LogP contribution in [0.25, 0.3) is 0 Å². The molecule has 1 amide bonds. The number of esters is 2. The van der Waals surface area contributed by atoms with Gasteiger partial charge in [-0.2, -0.15) is 19.2 Å². The Labute approximate surface area is 616 Å². The number of hydrogen-bond donors (Lipinski definition) is 1. The number of ether oxygens (including phenoxy) is 3. The zero-order valence-electron chi connectivity index (χ0n) is 61.8. The van der Waals surface area contributed by atoms with Crippen molar-refractivity contribution >= 4 is 30.3 Å². The highest BCUT2D eigenvalue weighted by atomic mass is 16.6. The molecule has 0 radical (unpaired) electrons. The summed E-state index contributed by atoms with van der Waals surface area (Å²) in [6, 6.07) is 48.0. The Morgan fingerprint density at radius 2 is 0.629 bits per heavy atom. The summed E-state index contributed by atoms with van der Waals surface area (Å²) in [6.45, 7) is 29.1. The van der Waals surface area contributed by atoms with E-state index in [1.165, 1.54) is 30.9 Å². The lowest BCUT2D eigenvalue weighted by Crippen LogP contribution is -2.42. The van der Waals surface area contributed by atoms with Gasteiger partial charge in [0.05, 0.1) is 37.0 Å². The average molecular weight is 1410 g/mol. The molecule has 2 aliphatic heterocycles. The van der Waals surface area contributed by atoms with Gasteiger partial charge in [-0.25, -0.2) is 24.4 Å². The fourth-order valence-electron chi connectivity index (χ4n) is 11.1. The van der Waals surface area contributed by atoms with Crippen LogP contribution in [0, 0.1) is 88.9 Å². The summed E-state index contributed by atoms with van der Waals surface area (Å²) >= 11 is 0. The van der Waals surface area contributed by atoms with Crippen molar-refractivity contribution in [3.05, 3.63) is 258 Å². The van der Waals surface area contributed by atoms with Crippen LogP contribution >= 0.6 is 0 Å². The summed E-state index contributed by atoms with van der Waals surface area (Å²) in [7, 11) is 2.72. The molecule has 8 aromatic rings. The second kappa shape index (κ2) is 41.6. The molecule has 0 saturated carbocycles. The van der Waals surface area contributed by atoms with E-state index in [9.17, 15) is 14.4 Å². The molecule has 2 fully saturated rings. The molecule has 2 aliphatic rings. The molecular weight excluding hydrogens is 1320 g/mol. The Morgan fingerprint density at radius 1 is 0.371 bits per heavy atom. The third-order valence-electron chi connectivity index (χ3n) is 16.4. The number of amides is 1. The van der Waals surface area contributed by atoms with Gasteiger partial charge in [-0.05, 0) is 159 Å². The molecule has 20 nitrogen and oxygen atoms in total. The molecule has 4 aromatic heterocycles. The van der Waals surface area contributed by atoms with Crippen LogP contribution in [0.4, 0.5) is 4.79 Å². The fourth-order valence-corrected chi connectivity index (χ4v) is 11.1. The SMILES string of the molecule is COC(=O)c1cc(C#Cc2ccc(C)cc2)cc(CN2CCN(Cc3cc(C#Cc4ccc(C)cc4)cc(C)n3)CCN(C(=O)OC(C)(C)C)CC2)n1.COC(=O)c1cc(C#Cc2ccc(C)cc2)cc(CN2CCNCCN(Cc3cc(C#Cc4ccc(C)cc4)cc(C)n3)CC2)n1.O=C=O.O=C=O. The Morgan fingerprint density at radius 3 is 0.914 bits per heavy atom. The number of pyridine rings is 4. The van der Waals surface area contributed by atoms with Gasteiger partial charge in [0.15, 0.2) is 0 Å². The standard InChI is InChI=1S/C44H49N5O4.C39H41N5O2.2CO2/c1-32-8-12-35(13-9-32)16-18-37-26-34(3)45-39(27-37)30-47-20-21-48(23-25-49(24-22-47)43(51)53-44(4,5)6)31-40-28-38(29-41(46-40)42(50)52-7)19-17-36-14-10-33(2)11-15-36;1-29-5-9-32(10-6-29)13-15-34-23-31(3)41-36(24-34)27-43-19-17-40-18-20-44(22-21-43)28-37-25-35(26-38(42-37)39(45)46-4)16-14-33-11-7-30(2)8-12-33;2*2-1-3/h8-15,26-29H,20-25,30-31H2,1-7H3;5-12,23-26,40H,17-22,27-28H2,1-4H3;;. The monoisotopic (exact) mass is 1410 g/mol. The molecule has 0 bridgehead atoms. The van der Waals surface area contributed by atoms with Crippen LogP contribution < -0.4 is 5.32 Å². The second-order valence-corrected chi connectivity index (χ2v) is 26.4. The molecular formula is C85H90N10O10. The van der Waals surface area contributed by atoms with E-state index >= 15 is 0 Å². The number of aromatic nitrogens is 4. The van der Waals surface area contributed by atoms with E-state index in [4.69, 9.17) is 43.4 Å². The summed E-state index contributed by atoms with van der Waals surface area (Å²) in [6.07, 6.45) is 0.154. The second-order valence-electron chi connectivity index (χ2n) is 26.4. The van der Waals surface area contributed by atoms with Crippen LogP contribution in [0.2, 0.25) is 0 Å². The average Bonchev–Trinajstić information content (AvgIpc) is 1.28. The zero-order valence-corrected chi connectivity index (χ0v) is 61.8. The van der Waals surface area contributed by atoms with E-state index in [1.807, 2.05) is 133 Å². The Bertz CT molecular complexity index is 4580. The number of benzene rings is 4. The largest absolute Gasteiger partial charge is 0.464 e. The Kier molecular flexibility index (Phi) is 32.0. The number of nitrogens with one attached hydrogen (secondary N) is 1. The molecule has 0 atom stereocenters. The molecule has 0 spiro atoms. The van der Waals surface area contributed by atoms with E-state index in [1.54, 1.807) is 17.0 Å². The van der Waals surface area contributed by atoms with Gasteiger partial charge in [0, 0.05) is 161 Å². The van der Waals surface area contributed by atoms with Gasteiger partial charge in [-0.3, -0.25) is 29.6 Å². The van der Waals surface area contributed by atoms with E-state index in [0.717, 1.165) is 125 Å². The van der Waals surface area contributed by atoms with Crippen molar-refractivity contribution in [1.82, 2.24) is 49.8 Å². The maximum atomic E-state index is 13.4. The summed E-state index contributed by atoms with van der Waals surface area (Å²) < 4.78 is 15.8. The van der Waals surface area contributed by atoms with Gasteiger partial charge in [-0.1, -0.05) is 118 Å². The first-order chi connectivity index (χ1) is 50.5. The minimum absolute atomic E-state index is 0.200. The number of rotatable bonds is 10. The van der Waals surface area contributed by atoms with Crippen molar-refractivity contribution in [2.24, 2.45) is 0 Å². The molecule has 0 aliphatic carbocycles. The zero-order chi connectivity index (χ0) is 75.7. The topological polar surface area (TPSA) is 227 Å². The minimum atomic E-state index is -0.620. The first-order valence-electron chi connectivity index (χ1n) is 34.5. The lowest BCUT2D eigenvalue weighted by atomic mass is 10.1. The smallest absolute Gasteiger partial charge is 0.410 e. The van der Waals surface area contributed by atoms with Crippen LogP contribution in [0.3, 0.4) is 0 Å². The maximum Gasteiger partial charge on any atom is 0.410 e. The lowest BCUT2D eigenvalue weighted by molar-refractivity contribution is -0.193. The highest BCUT2D eigenvalue weighted by Crippen LogP contribution is 2.19. The summed E-state index contributed by atoms with van der Waals surface area (Å²) in [5, 5.41) is 3.57. The number of methoxy groups -OCH3 is 2. The van der Waals surface area contributed by atoms with E-state index in [0.29, 0.717) is 63.6 Å². The molecule has 1 N–H and O–H groups in total. The van der Waals surface area contributed by atoms with Crippen LogP contribution in [0.1, 0.15) is 143 Å². The summed E-state index contributed by atoms with van der Waals surface area (Å²) in [5.41, 5.74) is 16.9. The quantitative estimate of drug-likeness (QED) is 0.0763. The molecule has 540 valence electrons. The van der Waals surface area contributed by atoms with Crippen molar-refractivity contribution in [2.75, 3.05) is 92.8 Å². The minimum Gasteiger partial charge on any atom is -0.464 e. The number of carbonyl (C=O) groups excluding carboxylic acids is 7. The summed E-state index contributed by atoms with van der Waals surface area (Å²) in [5.74, 6) is 25.1. The van der Waals surface area contributed by atoms with Gasteiger partial charge in [0.2, 0.25) is 0 Å². The van der Waals surface area contributed by atoms with Crippen LogP contribution in [-0.4, -0.2) is 173 Å². The molecule has 20 heteroatoms. The number of carbonyl (C=O) groups is 3. The lowest BCUT2D eigenvalue weighted by Gasteiger charge is -2.29. The maximum absolute atomic E-state index is 13.4. The highest BCUT2D eigenvalue weighted by molar-refractivity contribution is 5.88. The van der Waals surface area contributed by atoms with Gasteiger partial charge in [0.25, 0.3) is 0 Å². The predicted molar refractivity (Wildman–Crippen MR) is 400 cm³/mol. The van der Waals surface area contributed by atoms with Crippen molar-refractivity contribution in [2.45, 2.75) is 94.1 Å². The molecule has 105 heavy (non-hydrogen) atoms. The normalized spacial score (nSPS) is 13.4. The first-order valence-corrected chi connectivity index (χ1v) is 34.5. The predicted octanol–water partition coefficient (Wildman–Crippen LogP) is 10.3. The van der Waals surface area contributed by atoms with Crippen LogP contribution in [-0.2, 0) is 59.6 Å². The molecule has 6 heterocycles. The van der Waals surface area contributed by atoms with E-state index < -0.39 is 17.5 Å². The number of aryl methyl sites for hydroxylation is 6. The van der Waals surface area contributed by atoms with E-state index in [2.05, 4.69) is 145 Å². The third kappa shape index (κ3) is 29.0. The molecule has 2 saturated heterocycles. The van der Waals surface area contributed by atoms with Crippen molar-refractivity contribution in [3.8, 4) is 47.4 Å². The third-order valence-corrected chi connectivity index (χ3v) is 16.4. The van der Waals surface area contributed by atoms with Crippen molar-refractivity contribution in [3.63, 3.8) is 0 Å². The van der Waals surface area contributed by atoms with Crippen molar-refractivity contribution in [1.29, 1.82) is 0 Å². The van der Waals surface area contributed by atoms with Gasteiger partial charge in [-0.15, -0.1) is 0 Å². The van der Waals surface area contributed by atoms with Gasteiger partial charge >= 0.3 is 30.3 Å². The van der Waals surface area contributed by atoms with Gasteiger partial charge in [0.1, 0.15) is 17.0 Å². The molecule has 4 aromatic carbocycles. The summed E-state index contributed by atoms with van der Waals surface area (Å²) in [4.78, 5) is 101.